The van der Waals surface area contributed by atoms with E-state index >= 15 is 0 Å². The smallest absolute Gasteiger partial charge is 0.339 e. The van der Waals surface area contributed by atoms with Crippen molar-refractivity contribution in [3.8, 4) is 5.75 Å². The molecule has 4 amide bonds. The Labute approximate surface area is 147 Å². The summed E-state index contributed by atoms with van der Waals surface area (Å²) < 4.78 is 5.02. The van der Waals surface area contributed by atoms with Crippen molar-refractivity contribution in [2.75, 3.05) is 18.6 Å². The Balaban J connectivity index is 1.82. The van der Waals surface area contributed by atoms with Gasteiger partial charge in [0.1, 0.15) is 5.75 Å². The zero-order chi connectivity index (χ0) is 18.1. The molecule has 0 bridgehead atoms. The van der Waals surface area contributed by atoms with E-state index in [0.717, 1.165) is 9.78 Å². The number of anilines is 1. The molecule has 25 heavy (non-hydrogen) atoms. The zero-order valence-corrected chi connectivity index (χ0v) is 14.3. The average molecular weight is 358 g/mol. The molecule has 0 spiro atoms. The van der Waals surface area contributed by atoms with E-state index < -0.39 is 24.4 Å². The van der Waals surface area contributed by atoms with Gasteiger partial charge in [0.25, 0.3) is 0 Å². The van der Waals surface area contributed by atoms with Crippen LogP contribution in [0.3, 0.4) is 0 Å². The Hall–Kier alpha value is -3.00. The van der Waals surface area contributed by atoms with E-state index in [1.165, 1.54) is 30.6 Å². The lowest BCUT2D eigenvalue weighted by atomic mass is 10.3. The standard InChI is InChI=1S/C17H14N2O5S/c1-10-3-8-14(25-10)13(20)9-18-15(21)16(22)19(17(18)23)11-4-6-12(24-2)7-5-11/h3-8H,9H2,1-2H3. The van der Waals surface area contributed by atoms with Gasteiger partial charge in [-0.05, 0) is 43.3 Å². The maximum Gasteiger partial charge on any atom is 0.339 e. The van der Waals surface area contributed by atoms with Crippen molar-refractivity contribution in [2.45, 2.75) is 6.92 Å². The molecule has 1 aliphatic heterocycles. The Morgan fingerprint density at radius 1 is 1.04 bits per heavy atom. The number of hydrogen-bond acceptors (Lipinski definition) is 6. The van der Waals surface area contributed by atoms with Crippen LogP contribution in [0.5, 0.6) is 5.75 Å². The quantitative estimate of drug-likeness (QED) is 0.465. The van der Waals surface area contributed by atoms with Gasteiger partial charge in [0.15, 0.2) is 5.78 Å². The second kappa shape index (κ2) is 6.48. The first-order chi connectivity index (χ1) is 11.9. The van der Waals surface area contributed by atoms with Crippen LogP contribution >= 0.6 is 11.3 Å². The van der Waals surface area contributed by atoms with Crippen LogP contribution < -0.4 is 9.64 Å². The molecule has 128 valence electrons. The third kappa shape index (κ3) is 3.03. The van der Waals surface area contributed by atoms with Gasteiger partial charge in [-0.25, -0.2) is 14.6 Å². The van der Waals surface area contributed by atoms with Crippen LogP contribution in [0.1, 0.15) is 14.5 Å². The van der Waals surface area contributed by atoms with Crippen LogP contribution in [0.25, 0.3) is 0 Å². The number of urea groups is 1. The Morgan fingerprint density at radius 3 is 2.28 bits per heavy atom. The molecule has 1 saturated heterocycles. The third-order valence-corrected chi connectivity index (χ3v) is 4.74. The monoisotopic (exact) mass is 358 g/mol. The lowest BCUT2D eigenvalue weighted by Gasteiger charge is -2.15. The van der Waals surface area contributed by atoms with Gasteiger partial charge in [-0.15, -0.1) is 11.3 Å². The molecule has 7 nitrogen and oxygen atoms in total. The lowest BCUT2D eigenvalue weighted by molar-refractivity contribution is -0.139. The van der Waals surface area contributed by atoms with Crippen molar-refractivity contribution in [1.82, 2.24) is 4.90 Å². The second-order valence-electron chi connectivity index (χ2n) is 5.35. The van der Waals surface area contributed by atoms with Gasteiger partial charge in [0.2, 0.25) is 0 Å². The van der Waals surface area contributed by atoms with Crippen molar-refractivity contribution in [2.24, 2.45) is 0 Å². The number of benzene rings is 1. The number of carbonyl (C=O) groups is 4. The molecule has 8 heteroatoms. The summed E-state index contributed by atoms with van der Waals surface area (Å²) in [6.07, 6.45) is 0. The fourth-order valence-corrected chi connectivity index (χ4v) is 3.21. The van der Waals surface area contributed by atoms with Crippen LogP contribution in [0.15, 0.2) is 36.4 Å². The van der Waals surface area contributed by atoms with Crippen molar-refractivity contribution in [3.05, 3.63) is 46.2 Å². The molecule has 0 saturated carbocycles. The first-order valence-corrected chi connectivity index (χ1v) is 8.17. The minimum Gasteiger partial charge on any atom is -0.497 e. The highest BCUT2D eigenvalue weighted by molar-refractivity contribution is 7.14. The van der Waals surface area contributed by atoms with Gasteiger partial charge < -0.3 is 4.74 Å². The van der Waals surface area contributed by atoms with E-state index in [-0.39, 0.29) is 11.5 Å². The topological polar surface area (TPSA) is 84.0 Å². The fraction of sp³-hybridized carbons (Fsp3) is 0.176. The number of amides is 4. The van der Waals surface area contributed by atoms with Crippen LogP contribution in [0.2, 0.25) is 0 Å². The summed E-state index contributed by atoms with van der Waals surface area (Å²) in [5, 5.41) is 0. The van der Waals surface area contributed by atoms with Gasteiger partial charge in [-0.3, -0.25) is 14.4 Å². The Morgan fingerprint density at radius 2 is 1.72 bits per heavy atom. The largest absolute Gasteiger partial charge is 0.497 e. The number of imide groups is 2. The summed E-state index contributed by atoms with van der Waals surface area (Å²) in [6.45, 7) is 1.39. The van der Waals surface area contributed by atoms with Crippen molar-refractivity contribution in [3.63, 3.8) is 0 Å². The molecular formula is C17H14N2O5S. The van der Waals surface area contributed by atoms with Gasteiger partial charge >= 0.3 is 17.8 Å². The number of thiophene rings is 1. The molecule has 1 aromatic carbocycles. The van der Waals surface area contributed by atoms with Crippen molar-refractivity contribution < 1.29 is 23.9 Å². The highest BCUT2D eigenvalue weighted by atomic mass is 32.1. The number of carbonyl (C=O) groups excluding carboxylic acids is 4. The Bertz CT molecular complexity index is 871. The molecule has 0 unspecified atom stereocenters. The normalized spacial score (nSPS) is 14.4. The molecular weight excluding hydrogens is 344 g/mol. The molecule has 0 aliphatic carbocycles. The summed E-state index contributed by atoms with van der Waals surface area (Å²) in [5.41, 5.74) is 0.242. The highest BCUT2D eigenvalue weighted by Crippen LogP contribution is 2.25. The first-order valence-electron chi connectivity index (χ1n) is 7.36. The number of methoxy groups -OCH3 is 1. The molecule has 1 fully saturated rings. The van der Waals surface area contributed by atoms with Gasteiger partial charge in [0.05, 0.1) is 24.2 Å². The van der Waals surface area contributed by atoms with Crippen LogP contribution in [-0.2, 0) is 9.59 Å². The van der Waals surface area contributed by atoms with Crippen molar-refractivity contribution in [1.29, 1.82) is 0 Å². The molecule has 0 radical (unpaired) electrons. The zero-order valence-electron chi connectivity index (χ0n) is 13.5. The van der Waals surface area contributed by atoms with Gasteiger partial charge in [-0.1, -0.05) is 0 Å². The predicted molar refractivity (Wildman–Crippen MR) is 91.0 cm³/mol. The summed E-state index contributed by atoms with van der Waals surface area (Å²) in [6, 6.07) is 8.72. The molecule has 0 N–H and O–H groups in total. The SMILES string of the molecule is COc1ccc(N2C(=O)C(=O)N(CC(=O)c3ccc(C)s3)C2=O)cc1. The average Bonchev–Trinajstić information content (AvgIpc) is 3.13. The summed E-state index contributed by atoms with van der Waals surface area (Å²) in [4.78, 5) is 51.9. The molecule has 0 atom stereocenters. The number of ether oxygens (including phenoxy) is 1. The number of hydrogen-bond donors (Lipinski definition) is 0. The molecule has 2 aromatic rings. The number of Topliss-reactive ketones (excluding diaryl/α,β-unsaturated/α-hetero) is 1. The maximum absolute atomic E-state index is 12.5. The number of aryl methyl sites for hydroxylation is 1. The van der Waals surface area contributed by atoms with E-state index in [9.17, 15) is 19.2 Å². The fourth-order valence-electron chi connectivity index (χ4n) is 2.41. The second-order valence-corrected chi connectivity index (χ2v) is 6.63. The molecule has 2 heterocycles. The van der Waals surface area contributed by atoms with Crippen LogP contribution in [0, 0.1) is 6.92 Å². The third-order valence-electron chi connectivity index (χ3n) is 3.70. The minimum absolute atomic E-state index is 0.242. The summed E-state index contributed by atoms with van der Waals surface area (Å²) in [5.74, 6) is -1.83. The van der Waals surface area contributed by atoms with E-state index in [4.69, 9.17) is 4.74 Å². The lowest BCUT2D eigenvalue weighted by Crippen LogP contribution is -2.36. The highest BCUT2D eigenvalue weighted by Gasteiger charge is 2.46. The van der Waals surface area contributed by atoms with E-state index in [1.807, 2.05) is 6.92 Å². The Kier molecular flexibility index (Phi) is 4.37. The minimum atomic E-state index is -1.01. The van der Waals surface area contributed by atoms with E-state index in [0.29, 0.717) is 15.5 Å². The number of nitrogens with zero attached hydrogens (tertiary/aromatic N) is 2. The van der Waals surface area contributed by atoms with Gasteiger partial charge in [-0.2, -0.15) is 0 Å². The molecule has 3 rings (SSSR count). The number of rotatable bonds is 5. The van der Waals surface area contributed by atoms with Gasteiger partial charge in [0, 0.05) is 4.88 Å². The van der Waals surface area contributed by atoms with Crippen LogP contribution in [-0.4, -0.2) is 42.2 Å². The summed E-state index contributed by atoms with van der Waals surface area (Å²) >= 11 is 1.27. The van der Waals surface area contributed by atoms with Crippen LogP contribution in [0.4, 0.5) is 10.5 Å². The molecule has 1 aliphatic rings. The van der Waals surface area contributed by atoms with Crippen molar-refractivity contribution >= 4 is 40.7 Å². The maximum atomic E-state index is 12.5. The first kappa shape index (κ1) is 16.8. The van der Waals surface area contributed by atoms with E-state index in [2.05, 4.69) is 0 Å². The molecule has 1 aromatic heterocycles. The summed E-state index contributed by atoms with van der Waals surface area (Å²) in [7, 11) is 1.49. The predicted octanol–water partition coefficient (Wildman–Crippen LogP) is 2.24. The van der Waals surface area contributed by atoms with E-state index in [1.54, 1.807) is 24.3 Å². The number of ketones is 1.